The molecule has 19 heavy (non-hydrogen) atoms. The SMILES string of the molecule is CC(=O)N[C@@H](CSC(=O)NC1CCCCC1)C(=O)O. The van der Waals surface area contributed by atoms with Crippen LogP contribution in [0.1, 0.15) is 39.0 Å². The number of carbonyl (C=O) groups excluding carboxylic acids is 2. The third-order valence-electron chi connectivity index (χ3n) is 2.98. The van der Waals surface area contributed by atoms with Gasteiger partial charge in [-0.05, 0) is 12.8 Å². The Morgan fingerprint density at radius 3 is 2.42 bits per heavy atom. The molecule has 0 bridgehead atoms. The summed E-state index contributed by atoms with van der Waals surface area (Å²) in [6, 6.07) is -0.822. The zero-order valence-corrected chi connectivity index (χ0v) is 11.8. The highest BCUT2D eigenvalue weighted by Crippen LogP contribution is 2.18. The highest BCUT2D eigenvalue weighted by Gasteiger charge is 2.21. The van der Waals surface area contributed by atoms with E-state index in [9.17, 15) is 14.4 Å². The molecule has 6 nitrogen and oxygen atoms in total. The number of hydrogen-bond acceptors (Lipinski definition) is 4. The van der Waals surface area contributed by atoms with E-state index in [0.29, 0.717) is 0 Å². The molecule has 0 aliphatic heterocycles. The van der Waals surface area contributed by atoms with Gasteiger partial charge >= 0.3 is 5.97 Å². The summed E-state index contributed by atoms with van der Waals surface area (Å²) >= 11 is 0.903. The van der Waals surface area contributed by atoms with Crippen LogP contribution in [0.2, 0.25) is 0 Å². The molecule has 1 atom stereocenters. The number of carboxylic acid groups (broad SMARTS) is 1. The van der Waals surface area contributed by atoms with Gasteiger partial charge in [0.15, 0.2) is 0 Å². The number of aliphatic carboxylic acids is 1. The smallest absolute Gasteiger partial charge is 0.327 e. The summed E-state index contributed by atoms with van der Waals surface area (Å²) in [6.45, 7) is 1.25. The molecule has 0 unspecified atom stereocenters. The Morgan fingerprint density at radius 2 is 1.89 bits per heavy atom. The Kier molecular flexibility index (Phi) is 6.69. The summed E-state index contributed by atoms with van der Waals surface area (Å²) in [5.74, 6) is -1.51. The predicted molar refractivity (Wildman–Crippen MR) is 73.1 cm³/mol. The van der Waals surface area contributed by atoms with E-state index in [2.05, 4.69) is 10.6 Å². The van der Waals surface area contributed by atoms with Crippen LogP contribution in [0.5, 0.6) is 0 Å². The van der Waals surface area contributed by atoms with E-state index >= 15 is 0 Å². The minimum Gasteiger partial charge on any atom is -0.480 e. The van der Waals surface area contributed by atoms with E-state index in [4.69, 9.17) is 5.11 Å². The van der Waals surface area contributed by atoms with Crippen molar-refractivity contribution in [2.45, 2.75) is 51.1 Å². The summed E-state index contributed by atoms with van der Waals surface area (Å²) in [5, 5.41) is 13.9. The van der Waals surface area contributed by atoms with Crippen LogP contribution in [0.3, 0.4) is 0 Å². The summed E-state index contributed by atoms with van der Waals surface area (Å²) in [7, 11) is 0. The quantitative estimate of drug-likeness (QED) is 0.709. The zero-order chi connectivity index (χ0) is 14.3. The lowest BCUT2D eigenvalue weighted by molar-refractivity contribution is -0.140. The van der Waals surface area contributed by atoms with Crippen LogP contribution in [0, 0.1) is 0 Å². The van der Waals surface area contributed by atoms with Crippen molar-refractivity contribution in [3.05, 3.63) is 0 Å². The molecule has 1 aliphatic carbocycles. The van der Waals surface area contributed by atoms with Crippen molar-refractivity contribution in [3.63, 3.8) is 0 Å². The van der Waals surface area contributed by atoms with E-state index in [1.54, 1.807) is 0 Å². The second-order valence-corrected chi connectivity index (χ2v) is 5.66. The van der Waals surface area contributed by atoms with Gasteiger partial charge in [-0.1, -0.05) is 31.0 Å². The first-order chi connectivity index (χ1) is 8.99. The molecule has 3 N–H and O–H groups in total. The molecule has 1 saturated carbocycles. The largest absolute Gasteiger partial charge is 0.480 e. The van der Waals surface area contributed by atoms with Crippen LogP contribution >= 0.6 is 11.8 Å². The molecule has 0 aromatic carbocycles. The maximum atomic E-state index is 11.7. The van der Waals surface area contributed by atoms with Gasteiger partial charge in [-0.2, -0.15) is 0 Å². The van der Waals surface area contributed by atoms with Gasteiger partial charge in [-0.3, -0.25) is 9.59 Å². The van der Waals surface area contributed by atoms with Crippen LogP contribution in [0.25, 0.3) is 0 Å². The molecule has 0 saturated heterocycles. The number of nitrogens with one attached hydrogen (secondary N) is 2. The second-order valence-electron chi connectivity index (χ2n) is 4.67. The third kappa shape index (κ3) is 6.47. The predicted octanol–water partition coefficient (Wildman–Crippen LogP) is 1.35. The second kappa shape index (κ2) is 8.04. The summed E-state index contributed by atoms with van der Waals surface area (Å²) in [5.41, 5.74) is 0. The Morgan fingerprint density at radius 1 is 1.26 bits per heavy atom. The lowest BCUT2D eigenvalue weighted by atomic mass is 9.96. The van der Waals surface area contributed by atoms with Gasteiger partial charge in [-0.15, -0.1) is 0 Å². The maximum Gasteiger partial charge on any atom is 0.327 e. The van der Waals surface area contributed by atoms with Crippen molar-refractivity contribution in [2.75, 3.05) is 5.75 Å². The molecule has 7 heteroatoms. The van der Waals surface area contributed by atoms with Crippen LogP contribution in [0.15, 0.2) is 0 Å². The molecule has 0 aromatic heterocycles. The monoisotopic (exact) mass is 288 g/mol. The molecule has 0 radical (unpaired) electrons. The lowest BCUT2D eigenvalue weighted by Crippen LogP contribution is -2.42. The number of rotatable bonds is 5. The number of carboxylic acids is 1. The minimum atomic E-state index is -1.13. The molecule has 0 heterocycles. The van der Waals surface area contributed by atoms with Crippen LogP contribution < -0.4 is 10.6 Å². The Labute approximate surface area is 116 Å². The van der Waals surface area contributed by atoms with Gasteiger partial charge in [-0.25, -0.2) is 4.79 Å². The Bertz CT molecular complexity index is 343. The molecule has 0 spiro atoms. The lowest BCUT2D eigenvalue weighted by Gasteiger charge is -2.22. The van der Waals surface area contributed by atoms with Crippen molar-refractivity contribution in [3.8, 4) is 0 Å². The topological polar surface area (TPSA) is 95.5 Å². The maximum absolute atomic E-state index is 11.7. The molecule has 1 aliphatic rings. The minimum absolute atomic E-state index is 0.0352. The van der Waals surface area contributed by atoms with E-state index in [1.807, 2.05) is 0 Å². The van der Waals surface area contributed by atoms with Gasteiger partial charge < -0.3 is 15.7 Å². The van der Waals surface area contributed by atoms with Crippen molar-refractivity contribution < 1.29 is 19.5 Å². The number of carbonyl (C=O) groups is 3. The fraction of sp³-hybridized carbons (Fsp3) is 0.750. The number of amides is 2. The van der Waals surface area contributed by atoms with Gasteiger partial charge in [0.05, 0.1) is 0 Å². The third-order valence-corrected chi connectivity index (χ3v) is 3.86. The fourth-order valence-electron chi connectivity index (χ4n) is 2.03. The highest BCUT2D eigenvalue weighted by atomic mass is 32.2. The fourth-order valence-corrected chi connectivity index (χ4v) is 2.83. The van der Waals surface area contributed by atoms with Gasteiger partial charge in [0.25, 0.3) is 5.24 Å². The summed E-state index contributed by atoms with van der Waals surface area (Å²) in [4.78, 5) is 33.4. The summed E-state index contributed by atoms with van der Waals surface area (Å²) < 4.78 is 0. The first kappa shape index (κ1) is 15.8. The van der Waals surface area contributed by atoms with Gasteiger partial charge in [0.1, 0.15) is 6.04 Å². The van der Waals surface area contributed by atoms with Crippen molar-refractivity contribution in [1.82, 2.24) is 10.6 Å². The number of hydrogen-bond donors (Lipinski definition) is 3. The summed E-state index contributed by atoms with van der Waals surface area (Å²) in [6.07, 6.45) is 5.43. The van der Waals surface area contributed by atoms with Crippen LogP contribution in [-0.2, 0) is 9.59 Å². The molecular weight excluding hydrogens is 268 g/mol. The van der Waals surface area contributed by atoms with E-state index in [-0.39, 0.29) is 17.0 Å². The average molecular weight is 288 g/mol. The molecular formula is C12H20N2O4S. The Balaban J connectivity index is 2.30. The number of thioether (sulfide) groups is 1. The highest BCUT2D eigenvalue weighted by molar-refractivity contribution is 8.13. The van der Waals surface area contributed by atoms with E-state index < -0.39 is 17.9 Å². The zero-order valence-electron chi connectivity index (χ0n) is 11.0. The van der Waals surface area contributed by atoms with Crippen LogP contribution in [-0.4, -0.2) is 40.1 Å². The standard InChI is InChI=1S/C12H20N2O4S/c1-8(15)13-10(11(16)17)7-19-12(18)14-9-5-3-2-4-6-9/h9-10H,2-7H2,1H3,(H,13,15)(H,14,18)(H,16,17)/t10-/m0/s1. The van der Waals surface area contributed by atoms with Crippen molar-refractivity contribution >= 4 is 28.9 Å². The first-order valence-corrected chi connectivity index (χ1v) is 7.41. The van der Waals surface area contributed by atoms with Gasteiger partial charge in [0.2, 0.25) is 5.91 Å². The first-order valence-electron chi connectivity index (χ1n) is 6.42. The molecule has 1 rings (SSSR count). The van der Waals surface area contributed by atoms with Crippen molar-refractivity contribution in [2.24, 2.45) is 0 Å². The average Bonchev–Trinajstić information content (AvgIpc) is 2.35. The molecule has 2 amide bonds. The molecule has 108 valence electrons. The normalized spacial score (nSPS) is 17.5. The molecule has 1 fully saturated rings. The van der Waals surface area contributed by atoms with E-state index in [0.717, 1.165) is 37.4 Å². The van der Waals surface area contributed by atoms with E-state index in [1.165, 1.54) is 13.3 Å². The van der Waals surface area contributed by atoms with Crippen LogP contribution in [0.4, 0.5) is 4.79 Å². The van der Waals surface area contributed by atoms with Gasteiger partial charge in [0, 0.05) is 18.7 Å². The Hall–Kier alpha value is -1.24. The molecule has 0 aromatic rings. The van der Waals surface area contributed by atoms with Crippen molar-refractivity contribution in [1.29, 1.82) is 0 Å².